The monoisotopic (exact) mass is 493 g/mol. The third kappa shape index (κ3) is 5.61. The number of benzene rings is 2. The summed E-state index contributed by atoms with van der Waals surface area (Å²) in [6, 6.07) is 8.99. The number of thiazole rings is 1. The highest BCUT2D eigenvalue weighted by Crippen LogP contribution is 2.39. The Hall–Kier alpha value is -2.75. The van der Waals surface area contributed by atoms with E-state index >= 15 is 0 Å². The second-order valence-corrected chi connectivity index (χ2v) is 8.68. The van der Waals surface area contributed by atoms with Crippen LogP contribution in [-0.4, -0.2) is 70.4 Å². The number of nitrogens with zero attached hydrogens (tertiary/aromatic N) is 3. The second kappa shape index (κ2) is 10.9. The maximum absolute atomic E-state index is 13.6. The summed E-state index contributed by atoms with van der Waals surface area (Å²) >= 11 is 1.46. The van der Waals surface area contributed by atoms with Crippen LogP contribution in [0.3, 0.4) is 0 Å². The number of carbonyl (C=O) groups is 1. The second-order valence-electron chi connectivity index (χ2n) is 7.67. The molecule has 2 heterocycles. The number of anilines is 1. The van der Waals surface area contributed by atoms with Crippen LogP contribution in [0.15, 0.2) is 30.3 Å². The molecule has 8 nitrogen and oxygen atoms in total. The number of hydrogen-bond acceptors (Lipinski definition) is 8. The summed E-state index contributed by atoms with van der Waals surface area (Å²) in [5.41, 5.74) is 1.26. The van der Waals surface area contributed by atoms with Gasteiger partial charge in [-0.15, -0.1) is 12.4 Å². The van der Waals surface area contributed by atoms with Crippen molar-refractivity contribution >= 4 is 45.0 Å². The number of amides is 1. The number of carbonyl (C=O) groups excluding carboxylic acids is 1. The van der Waals surface area contributed by atoms with Crippen molar-refractivity contribution in [1.82, 2.24) is 9.88 Å². The average Bonchev–Trinajstić information content (AvgIpc) is 3.21. The average molecular weight is 494 g/mol. The molecule has 0 saturated heterocycles. The van der Waals surface area contributed by atoms with E-state index in [9.17, 15) is 4.79 Å². The number of methoxy groups -OCH3 is 2. The minimum absolute atomic E-state index is 0. The lowest BCUT2D eigenvalue weighted by Gasteiger charge is -2.21. The number of aromatic nitrogens is 1. The van der Waals surface area contributed by atoms with E-state index < -0.39 is 0 Å². The summed E-state index contributed by atoms with van der Waals surface area (Å²) in [7, 11) is 7.16. The molecule has 0 fully saturated rings. The maximum Gasteiger partial charge on any atom is 0.260 e. The first kappa shape index (κ1) is 24.9. The molecule has 0 N–H and O–H groups in total. The number of halogens is 1. The van der Waals surface area contributed by atoms with Crippen molar-refractivity contribution in [3.63, 3.8) is 0 Å². The van der Waals surface area contributed by atoms with Crippen LogP contribution >= 0.6 is 23.7 Å². The summed E-state index contributed by atoms with van der Waals surface area (Å²) in [6.07, 6.45) is 0.804. The van der Waals surface area contributed by atoms with Gasteiger partial charge in [0.2, 0.25) is 0 Å². The Balaban J connectivity index is 0.00000306. The molecule has 33 heavy (non-hydrogen) atoms. The highest BCUT2D eigenvalue weighted by Gasteiger charge is 2.24. The van der Waals surface area contributed by atoms with Crippen LogP contribution in [0.4, 0.5) is 5.13 Å². The van der Waals surface area contributed by atoms with Crippen LogP contribution in [0.25, 0.3) is 10.2 Å². The van der Waals surface area contributed by atoms with Crippen LogP contribution < -0.4 is 23.8 Å². The lowest BCUT2D eigenvalue weighted by atomic mass is 10.1. The van der Waals surface area contributed by atoms with E-state index in [0.29, 0.717) is 53.5 Å². The van der Waals surface area contributed by atoms with Crippen LogP contribution in [0, 0.1) is 0 Å². The van der Waals surface area contributed by atoms with Crippen LogP contribution in [-0.2, 0) is 0 Å². The van der Waals surface area contributed by atoms with E-state index in [2.05, 4.69) is 4.90 Å². The molecule has 0 aliphatic carbocycles. The molecule has 0 bridgehead atoms. The van der Waals surface area contributed by atoms with Gasteiger partial charge in [0.05, 0.1) is 24.4 Å². The predicted octanol–water partition coefficient (Wildman–Crippen LogP) is 4.11. The fourth-order valence-electron chi connectivity index (χ4n) is 3.48. The molecule has 1 aliphatic rings. The van der Waals surface area contributed by atoms with Crippen LogP contribution in [0.1, 0.15) is 16.8 Å². The topological polar surface area (TPSA) is 73.4 Å². The first-order valence-electron chi connectivity index (χ1n) is 10.4. The SMILES string of the molecule is COc1cc(OC)cc(C(=O)N(CCCN(C)C)c2nc3cc4c(cc3s2)OCCO4)c1.Cl. The predicted molar refractivity (Wildman–Crippen MR) is 132 cm³/mol. The highest BCUT2D eigenvalue weighted by molar-refractivity contribution is 7.22. The Morgan fingerprint density at radius 2 is 1.64 bits per heavy atom. The van der Waals surface area contributed by atoms with Gasteiger partial charge >= 0.3 is 0 Å². The minimum atomic E-state index is -0.155. The van der Waals surface area contributed by atoms with Crippen molar-refractivity contribution in [3.05, 3.63) is 35.9 Å². The van der Waals surface area contributed by atoms with Crippen molar-refractivity contribution in [3.8, 4) is 23.0 Å². The normalized spacial score (nSPS) is 12.4. The van der Waals surface area contributed by atoms with E-state index in [1.807, 2.05) is 26.2 Å². The van der Waals surface area contributed by atoms with Crippen molar-refractivity contribution < 1.29 is 23.7 Å². The standard InChI is InChI=1S/C23H27N3O5S.ClH/c1-25(2)6-5-7-26(22(27)15-10-16(28-3)12-17(11-15)29-4)23-24-18-13-19-20(14-21(18)32-23)31-9-8-30-19;/h10-14H,5-9H2,1-4H3;1H. The Kier molecular flexibility index (Phi) is 8.23. The number of ether oxygens (including phenoxy) is 4. The minimum Gasteiger partial charge on any atom is -0.497 e. The Morgan fingerprint density at radius 1 is 1.00 bits per heavy atom. The largest absolute Gasteiger partial charge is 0.497 e. The zero-order chi connectivity index (χ0) is 22.7. The Bertz CT molecular complexity index is 1060. The molecule has 0 radical (unpaired) electrons. The summed E-state index contributed by atoms with van der Waals surface area (Å²) in [4.78, 5) is 22.2. The van der Waals surface area contributed by atoms with Gasteiger partial charge in [0.15, 0.2) is 16.6 Å². The van der Waals surface area contributed by atoms with Gasteiger partial charge in [0.25, 0.3) is 5.91 Å². The summed E-state index contributed by atoms with van der Waals surface area (Å²) in [5, 5.41) is 0.632. The molecule has 4 rings (SSSR count). The van der Waals surface area contributed by atoms with Crippen molar-refractivity contribution in [2.45, 2.75) is 6.42 Å². The third-order valence-corrected chi connectivity index (χ3v) is 6.14. The lowest BCUT2D eigenvalue weighted by Crippen LogP contribution is -2.33. The molecule has 2 aromatic carbocycles. The van der Waals surface area contributed by atoms with Gasteiger partial charge in [-0.2, -0.15) is 0 Å². The van der Waals surface area contributed by atoms with Gasteiger partial charge in [-0.3, -0.25) is 9.69 Å². The maximum atomic E-state index is 13.6. The molecule has 178 valence electrons. The zero-order valence-corrected chi connectivity index (χ0v) is 20.8. The molecule has 0 saturated carbocycles. The fraction of sp³-hybridized carbons (Fsp3) is 0.391. The van der Waals surface area contributed by atoms with Gasteiger partial charge in [0.1, 0.15) is 24.7 Å². The number of hydrogen-bond donors (Lipinski definition) is 0. The van der Waals surface area contributed by atoms with Crippen molar-refractivity contribution in [2.24, 2.45) is 0 Å². The van der Waals surface area contributed by atoms with E-state index in [1.165, 1.54) is 11.3 Å². The van der Waals surface area contributed by atoms with E-state index in [4.69, 9.17) is 23.9 Å². The molecular weight excluding hydrogens is 466 g/mol. The van der Waals surface area contributed by atoms with Gasteiger partial charge in [-0.05, 0) is 39.2 Å². The number of rotatable bonds is 8. The van der Waals surface area contributed by atoms with Crippen molar-refractivity contribution in [2.75, 3.05) is 59.5 Å². The van der Waals surface area contributed by atoms with E-state index in [0.717, 1.165) is 23.2 Å². The van der Waals surface area contributed by atoms with E-state index in [-0.39, 0.29) is 18.3 Å². The third-order valence-electron chi connectivity index (χ3n) is 5.10. The molecular formula is C23H28ClN3O5S. The quantitative estimate of drug-likeness (QED) is 0.467. The smallest absolute Gasteiger partial charge is 0.260 e. The van der Waals surface area contributed by atoms with Crippen LogP contribution in [0.2, 0.25) is 0 Å². The van der Waals surface area contributed by atoms with Gasteiger partial charge in [-0.25, -0.2) is 4.98 Å². The zero-order valence-electron chi connectivity index (χ0n) is 19.1. The molecule has 1 aliphatic heterocycles. The first-order chi connectivity index (χ1) is 15.5. The molecule has 0 atom stereocenters. The molecule has 10 heteroatoms. The molecule has 0 unspecified atom stereocenters. The fourth-order valence-corrected chi connectivity index (χ4v) is 4.48. The molecule has 1 aromatic heterocycles. The van der Waals surface area contributed by atoms with Gasteiger partial charge in [0, 0.05) is 30.3 Å². The van der Waals surface area contributed by atoms with Gasteiger partial charge in [-0.1, -0.05) is 11.3 Å². The Morgan fingerprint density at radius 3 is 2.24 bits per heavy atom. The molecule has 1 amide bonds. The molecule has 0 spiro atoms. The lowest BCUT2D eigenvalue weighted by molar-refractivity contribution is 0.0985. The number of fused-ring (bicyclic) bond motifs is 2. The first-order valence-corrected chi connectivity index (χ1v) is 11.2. The summed E-state index contributed by atoms with van der Waals surface area (Å²) in [5.74, 6) is 2.36. The van der Waals surface area contributed by atoms with Crippen molar-refractivity contribution in [1.29, 1.82) is 0 Å². The van der Waals surface area contributed by atoms with E-state index in [1.54, 1.807) is 37.3 Å². The Labute approximate surface area is 203 Å². The summed E-state index contributed by atoms with van der Waals surface area (Å²) in [6.45, 7) is 2.43. The summed E-state index contributed by atoms with van der Waals surface area (Å²) < 4.78 is 23.0. The molecule has 3 aromatic rings. The van der Waals surface area contributed by atoms with Crippen LogP contribution in [0.5, 0.6) is 23.0 Å². The van der Waals surface area contributed by atoms with Gasteiger partial charge < -0.3 is 23.8 Å². The highest BCUT2D eigenvalue weighted by atomic mass is 35.5.